The summed E-state index contributed by atoms with van der Waals surface area (Å²) in [5.41, 5.74) is -0.384. The zero-order valence-electron chi connectivity index (χ0n) is 11.3. The number of ether oxygens (including phenoxy) is 1. The van der Waals surface area contributed by atoms with Gasteiger partial charge in [0.25, 0.3) is 0 Å². The molecule has 0 atom stereocenters. The molecule has 2 fully saturated rings. The van der Waals surface area contributed by atoms with Crippen molar-refractivity contribution in [1.29, 1.82) is 0 Å². The van der Waals surface area contributed by atoms with Crippen LogP contribution in [0.25, 0.3) is 0 Å². The molecule has 1 saturated carbocycles. The van der Waals surface area contributed by atoms with Crippen molar-refractivity contribution in [2.45, 2.75) is 58.1 Å². The Hall–Kier alpha value is -0.610. The van der Waals surface area contributed by atoms with Gasteiger partial charge in [0.1, 0.15) is 12.3 Å². The van der Waals surface area contributed by atoms with E-state index < -0.39 is 0 Å². The predicted octanol–water partition coefficient (Wildman–Crippen LogP) is 2.24. The number of hydrogen-bond acceptors (Lipinski definition) is 3. The Kier molecular flexibility index (Phi) is 3.46. The molecule has 1 amide bonds. The molecule has 1 N–H and O–H groups in total. The maximum Gasteiger partial charge on any atom is 0.517 e. The van der Waals surface area contributed by atoms with Gasteiger partial charge in [0.15, 0.2) is 0 Å². The van der Waals surface area contributed by atoms with Gasteiger partial charge in [-0.05, 0) is 33.6 Å². The highest BCUT2D eigenvalue weighted by Crippen LogP contribution is 2.25. The largest absolute Gasteiger partial charge is 0.517 e. The molecule has 0 spiro atoms. The van der Waals surface area contributed by atoms with Crippen molar-refractivity contribution < 1.29 is 14.0 Å². The minimum absolute atomic E-state index is 0.0526. The Morgan fingerprint density at radius 2 is 1.88 bits per heavy atom. The van der Waals surface area contributed by atoms with E-state index in [2.05, 4.69) is 5.32 Å². The van der Waals surface area contributed by atoms with Crippen molar-refractivity contribution in [2.75, 3.05) is 19.8 Å². The Balaban J connectivity index is 1.96. The molecular formula is C13H25N2O2+. The third-order valence-corrected chi connectivity index (χ3v) is 3.46. The monoisotopic (exact) mass is 241 g/mol. The van der Waals surface area contributed by atoms with E-state index in [0.29, 0.717) is 10.5 Å². The van der Waals surface area contributed by atoms with Gasteiger partial charge in [-0.3, -0.25) is 5.32 Å². The minimum Gasteiger partial charge on any atom is -0.414 e. The molecule has 98 valence electrons. The summed E-state index contributed by atoms with van der Waals surface area (Å²) in [6.45, 7) is 8.41. The molecular weight excluding hydrogens is 216 g/mol. The lowest BCUT2D eigenvalue weighted by atomic mass is 10.2. The highest BCUT2D eigenvalue weighted by Gasteiger charge is 2.44. The third kappa shape index (κ3) is 3.42. The van der Waals surface area contributed by atoms with E-state index >= 15 is 0 Å². The fraction of sp³-hybridized carbons (Fsp3) is 0.923. The lowest BCUT2D eigenvalue weighted by Gasteiger charge is -2.32. The summed E-state index contributed by atoms with van der Waals surface area (Å²) in [5, 5.41) is 3.48. The van der Waals surface area contributed by atoms with Crippen molar-refractivity contribution in [1.82, 2.24) is 5.32 Å². The van der Waals surface area contributed by atoms with E-state index in [9.17, 15) is 4.79 Å². The summed E-state index contributed by atoms with van der Waals surface area (Å²) in [4.78, 5) is 12.3. The van der Waals surface area contributed by atoms with Crippen LogP contribution < -0.4 is 5.32 Å². The standard InChI is InChI=1S/C13H25N2O2/c1-13(2,3)17-12(16)15(8-4-5-9-15)10-14-11-6-7-11/h11,14H,4-10H2,1-3H3/q+1. The van der Waals surface area contributed by atoms with Gasteiger partial charge in [-0.15, -0.1) is 0 Å². The average Bonchev–Trinajstić information content (AvgIpc) is 2.91. The second kappa shape index (κ2) is 4.58. The van der Waals surface area contributed by atoms with Gasteiger partial charge in [0.2, 0.25) is 0 Å². The van der Waals surface area contributed by atoms with Crippen LogP contribution in [0.2, 0.25) is 0 Å². The molecule has 0 aromatic rings. The molecule has 1 saturated heterocycles. The van der Waals surface area contributed by atoms with Gasteiger partial charge in [-0.1, -0.05) is 0 Å². The molecule has 1 aliphatic heterocycles. The molecule has 17 heavy (non-hydrogen) atoms. The van der Waals surface area contributed by atoms with Gasteiger partial charge in [-0.25, -0.2) is 4.48 Å². The van der Waals surface area contributed by atoms with Crippen LogP contribution in [0.4, 0.5) is 4.79 Å². The molecule has 1 heterocycles. The van der Waals surface area contributed by atoms with E-state index in [1.54, 1.807) is 0 Å². The van der Waals surface area contributed by atoms with E-state index in [1.165, 1.54) is 12.8 Å². The summed E-state index contributed by atoms with van der Waals surface area (Å²) >= 11 is 0. The lowest BCUT2D eigenvalue weighted by molar-refractivity contribution is -0.849. The summed E-state index contributed by atoms with van der Waals surface area (Å²) in [6, 6.07) is 0.646. The Labute approximate surface area is 104 Å². The molecule has 2 rings (SSSR count). The van der Waals surface area contributed by atoms with E-state index in [1.807, 2.05) is 20.8 Å². The molecule has 0 bridgehead atoms. The maximum atomic E-state index is 12.3. The summed E-state index contributed by atoms with van der Waals surface area (Å²) in [7, 11) is 0. The zero-order chi connectivity index (χ0) is 12.5. The molecule has 4 nitrogen and oxygen atoms in total. The van der Waals surface area contributed by atoms with Crippen molar-refractivity contribution >= 4 is 6.09 Å². The molecule has 2 aliphatic rings. The zero-order valence-corrected chi connectivity index (χ0v) is 11.3. The number of carbonyl (C=O) groups excluding carboxylic acids is 1. The Morgan fingerprint density at radius 3 is 2.35 bits per heavy atom. The second-order valence-corrected chi connectivity index (χ2v) is 6.42. The number of nitrogens with zero attached hydrogens (tertiary/aromatic N) is 1. The molecule has 0 aromatic heterocycles. The predicted molar refractivity (Wildman–Crippen MR) is 66.5 cm³/mol. The maximum absolute atomic E-state index is 12.3. The number of hydrogen-bond donors (Lipinski definition) is 1. The quantitative estimate of drug-likeness (QED) is 0.770. The highest BCUT2D eigenvalue weighted by atomic mass is 16.6. The number of amides is 1. The van der Waals surface area contributed by atoms with Gasteiger partial charge in [-0.2, -0.15) is 4.79 Å². The SMILES string of the molecule is CC(C)(C)OC(=O)[N+]1(CNC2CC2)CCCC1. The summed E-state index contributed by atoms with van der Waals surface area (Å²) in [6.07, 6.45) is 4.72. The van der Waals surface area contributed by atoms with Crippen molar-refractivity contribution in [3.8, 4) is 0 Å². The molecule has 4 heteroatoms. The van der Waals surface area contributed by atoms with Crippen LogP contribution in [0, 0.1) is 0 Å². The molecule has 0 radical (unpaired) electrons. The van der Waals surface area contributed by atoms with Crippen molar-refractivity contribution in [3.05, 3.63) is 0 Å². The highest BCUT2D eigenvalue weighted by molar-refractivity contribution is 5.60. The number of likely N-dealkylation sites (tertiary alicyclic amines) is 1. The van der Waals surface area contributed by atoms with Crippen LogP contribution in [0.1, 0.15) is 46.5 Å². The van der Waals surface area contributed by atoms with Gasteiger partial charge in [0, 0.05) is 18.9 Å². The normalized spacial score (nSPS) is 23.7. The molecule has 0 unspecified atom stereocenters. The number of rotatable bonds is 3. The first-order valence-corrected chi connectivity index (χ1v) is 6.74. The van der Waals surface area contributed by atoms with E-state index in [-0.39, 0.29) is 11.7 Å². The van der Waals surface area contributed by atoms with Crippen LogP contribution in [0.15, 0.2) is 0 Å². The van der Waals surface area contributed by atoms with E-state index in [4.69, 9.17) is 4.74 Å². The van der Waals surface area contributed by atoms with Gasteiger partial charge in [0.05, 0.1) is 13.1 Å². The summed E-state index contributed by atoms with van der Waals surface area (Å²) < 4.78 is 6.05. The second-order valence-electron chi connectivity index (χ2n) is 6.42. The average molecular weight is 241 g/mol. The fourth-order valence-corrected chi connectivity index (χ4v) is 2.30. The van der Waals surface area contributed by atoms with Crippen LogP contribution >= 0.6 is 0 Å². The van der Waals surface area contributed by atoms with Crippen LogP contribution in [0.5, 0.6) is 0 Å². The van der Waals surface area contributed by atoms with Gasteiger partial charge < -0.3 is 4.74 Å². The molecule has 1 aliphatic carbocycles. The lowest BCUT2D eigenvalue weighted by Crippen LogP contribution is -2.57. The third-order valence-electron chi connectivity index (χ3n) is 3.46. The van der Waals surface area contributed by atoms with Crippen LogP contribution in [0.3, 0.4) is 0 Å². The fourth-order valence-electron chi connectivity index (χ4n) is 2.30. The first-order valence-electron chi connectivity index (χ1n) is 6.74. The van der Waals surface area contributed by atoms with Crippen molar-refractivity contribution in [2.24, 2.45) is 0 Å². The molecule has 0 aromatic carbocycles. The Morgan fingerprint density at radius 1 is 1.29 bits per heavy atom. The number of nitrogens with one attached hydrogen (secondary N) is 1. The van der Waals surface area contributed by atoms with Crippen molar-refractivity contribution in [3.63, 3.8) is 0 Å². The van der Waals surface area contributed by atoms with Gasteiger partial charge >= 0.3 is 6.09 Å². The number of quaternary nitrogens is 1. The van der Waals surface area contributed by atoms with Crippen LogP contribution in [-0.4, -0.2) is 42.0 Å². The minimum atomic E-state index is -0.384. The first-order chi connectivity index (χ1) is 7.91. The van der Waals surface area contributed by atoms with E-state index in [0.717, 1.165) is 32.6 Å². The Bertz CT molecular complexity index is 286. The summed E-state index contributed by atoms with van der Waals surface area (Å²) in [5.74, 6) is 0. The topological polar surface area (TPSA) is 38.3 Å². The number of carbonyl (C=O) groups is 1. The first kappa shape index (κ1) is 12.8. The van der Waals surface area contributed by atoms with Crippen LogP contribution in [-0.2, 0) is 4.74 Å². The smallest absolute Gasteiger partial charge is 0.414 e.